The average Bonchev–Trinajstić information content (AvgIpc) is 3.13. The second-order valence-electron chi connectivity index (χ2n) is 6.72. The number of aromatic nitrogens is 4. The van der Waals surface area contributed by atoms with Gasteiger partial charge >= 0.3 is 23.4 Å². The highest BCUT2D eigenvalue weighted by molar-refractivity contribution is 7.68. The molecular formula is C11H18N5O13P3. The van der Waals surface area contributed by atoms with Gasteiger partial charge in [-0.3, -0.25) is 14.9 Å². The largest absolute Gasteiger partial charge is 0.489 e. The normalized spacial score (nSPS) is 27.8. The van der Waals surface area contributed by atoms with Crippen molar-refractivity contribution < 1.29 is 57.2 Å². The zero-order chi connectivity index (χ0) is 24.1. The van der Waals surface area contributed by atoms with Crippen molar-refractivity contribution in [3.05, 3.63) is 16.7 Å². The molecule has 2 heterocycles. The monoisotopic (exact) mass is 521 g/mol. The van der Waals surface area contributed by atoms with Gasteiger partial charge in [0.05, 0.1) is 18.5 Å². The number of hydrogen-bond acceptors (Lipinski definition) is 11. The molecule has 2 unspecified atom stereocenters. The first kappa shape index (κ1) is 25.1. The molecule has 0 radical (unpaired) electrons. The van der Waals surface area contributed by atoms with Crippen LogP contribution in [0.1, 0.15) is 12.5 Å². The SMILES string of the molecule is O=c1[nH]c(NP(=O)(O)OP(=O)(O)OP(=O)(O)O)nc2c1ncn2[C@@H]1C[C@H](CO)[C@@H](O)[C@H]1O. The average molecular weight is 521 g/mol. The summed E-state index contributed by atoms with van der Waals surface area (Å²) in [6.45, 7) is -0.425. The van der Waals surface area contributed by atoms with Gasteiger partial charge in [-0.1, -0.05) is 0 Å². The summed E-state index contributed by atoms with van der Waals surface area (Å²) in [7, 11) is -16.7. The fourth-order valence-corrected chi connectivity index (χ4v) is 6.34. The number of aliphatic hydroxyl groups is 3. The predicted molar refractivity (Wildman–Crippen MR) is 102 cm³/mol. The Morgan fingerprint density at radius 1 is 1.16 bits per heavy atom. The lowest BCUT2D eigenvalue weighted by molar-refractivity contribution is -0.00370. The standard InChI is InChI=1S/C11H18N5O13P3/c17-2-4-1-5(8(19)7(4)18)16-3-12-6-9(16)13-11(14-10(6)20)15-30(21,22)28-32(26,27)29-31(23,24)25/h3-5,7-8,17-19H,1-2H2,(H,26,27)(H2,23,24,25)(H3,13,14,15,20,21,22)/t4-,5-,7-,8+/m1/s1. The van der Waals surface area contributed by atoms with E-state index in [2.05, 4.69) is 18.6 Å². The number of phosphoric acid groups is 2. The molecule has 0 bridgehead atoms. The molecule has 9 N–H and O–H groups in total. The summed E-state index contributed by atoms with van der Waals surface area (Å²) in [6.07, 6.45) is -1.45. The Hall–Kier alpha value is -1.52. The second-order valence-corrected chi connectivity index (χ2v) is 11.2. The molecule has 21 heteroatoms. The zero-order valence-corrected chi connectivity index (χ0v) is 18.2. The van der Waals surface area contributed by atoms with Crippen LogP contribution in [0, 0.1) is 5.92 Å². The molecule has 0 aliphatic heterocycles. The molecule has 18 nitrogen and oxygen atoms in total. The minimum atomic E-state index is -5.73. The van der Waals surface area contributed by atoms with Gasteiger partial charge in [-0.15, -0.1) is 0 Å². The Morgan fingerprint density at radius 2 is 1.81 bits per heavy atom. The highest BCUT2D eigenvalue weighted by Crippen LogP contribution is 2.65. The Labute approximate surface area is 176 Å². The molecule has 2 aromatic rings. The van der Waals surface area contributed by atoms with Gasteiger partial charge in [0, 0.05) is 12.5 Å². The van der Waals surface area contributed by atoms with Crippen LogP contribution in [0.5, 0.6) is 0 Å². The van der Waals surface area contributed by atoms with Crippen LogP contribution in [0.4, 0.5) is 5.95 Å². The summed E-state index contributed by atoms with van der Waals surface area (Å²) < 4.78 is 42.7. The minimum absolute atomic E-state index is 0.0799. The van der Waals surface area contributed by atoms with Crippen molar-refractivity contribution in [2.24, 2.45) is 5.92 Å². The van der Waals surface area contributed by atoms with E-state index in [4.69, 9.17) is 9.79 Å². The Balaban J connectivity index is 1.92. The zero-order valence-electron chi connectivity index (χ0n) is 15.6. The van der Waals surface area contributed by atoms with E-state index in [1.54, 1.807) is 5.09 Å². The molecule has 0 spiro atoms. The van der Waals surface area contributed by atoms with Crippen LogP contribution in [-0.4, -0.2) is 73.2 Å². The van der Waals surface area contributed by atoms with Crippen LogP contribution >= 0.6 is 23.4 Å². The van der Waals surface area contributed by atoms with Gasteiger partial charge in [0.25, 0.3) is 5.56 Å². The van der Waals surface area contributed by atoms with Crippen LogP contribution in [-0.2, 0) is 22.3 Å². The second kappa shape index (κ2) is 8.68. The van der Waals surface area contributed by atoms with E-state index >= 15 is 0 Å². The number of aromatic amines is 1. The maximum Gasteiger partial charge on any atom is 0.489 e. The Kier molecular flexibility index (Phi) is 6.81. The molecule has 1 fully saturated rings. The van der Waals surface area contributed by atoms with Crippen molar-refractivity contribution in [3.8, 4) is 0 Å². The smallest absolute Gasteiger partial charge is 0.396 e. The van der Waals surface area contributed by atoms with Gasteiger partial charge in [0.15, 0.2) is 11.2 Å². The van der Waals surface area contributed by atoms with E-state index in [9.17, 15) is 43.6 Å². The summed E-state index contributed by atoms with van der Waals surface area (Å²) in [6, 6.07) is -0.874. The number of anilines is 1. The molecule has 180 valence electrons. The van der Waals surface area contributed by atoms with Crippen molar-refractivity contribution in [3.63, 3.8) is 0 Å². The number of hydrogen-bond donors (Lipinski definition) is 9. The van der Waals surface area contributed by atoms with Crippen molar-refractivity contribution >= 4 is 40.5 Å². The summed E-state index contributed by atoms with van der Waals surface area (Å²) in [5.41, 5.74) is -1.44. The third kappa shape index (κ3) is 5.51. The number of nitrogens with zero attached hydrogens (tertiary/aromatic N) is 3. The lowest BCUT2D eigenvalue weighted by Crippen LogP contribution is -2.30. The maximum absolute atomic E-state index is 12.2. The van der Waals surface area contributed by atoms with Gasteiger partial charge in [0.1, 0.15) is 6.10 Å². The molecule has 0 saturated heterocycles. The summed E-state index contributed by atoms with van der Waals surface area (Å²) in [4.78, 5) is 57.9. The molecule has 0 amide bonds. The van der Waals surface area contributed by atoms with E-state index in [-0.39, 0.29) is 17.6 Å². The summed E-state index contributed by atoms with van der Waals surface area (Å²) in [5, 5.41) is 31.2. The van der Waals surface area contributed by atoms with Gasteiger partial charge < -0.3 is 39.5 Å². The summed E-state index contributed by atoms with van der Waals surface area (Å²) in [5.74, 6) is -1.45. The third-order valence-corrected chi connectivity index (χ3v) is 8.35. The molecule has 1 aliphatic carbocycles. The molecule has 32 heavy (non-hydrogen) atoms. The highest BCUT2D eigenvalue weighted by atomic mass is 31.3. The number of H-pyrrole nitrogens is 1. The Morgan fingerprint density at radius 3 is 2.38 bits per heavy atom. The van der Waals surface area contributed by atoms with Crippen molar-refractivity contribution in [1.82, 2.24) is 19.5 Å². The topological polar surface area (TPSA) is 287 Å². The molecule has 1 aliphatic rings. The molecule has 3 rings (SSSR count). The molecule has 6 atom stereocenters. The first-order valence-electron chi connectivity index (χ1n) is 8.48. The van der Waals surface area contributed by atoms with Gasteiger partial charge in [-0.25, -0.2) is 18.7 Å². The van der Waals surface area contributed by atoms with Crippen molar-refractivity contribution in [2.45, 2.75) is 24.7 Å². The van der Waals surface area contributed by atoms with E-state index in [1.807, 2.05) is 4.98 Å². The van der Waals surface area contributed by atoms with E-state index in [1.165, 1.54) is 4.57 Å². The number of aliphatic hydroxyl groups excluding tert-OH is 3. The summed E-state index contributed by atoms with van der Waals surface area (Å²) >= 11 is 0. The minimum Gasteiger partial charge on any atom is -0.396 e. The Bertz CT molecular complexity index is 1210. The van der Waals surface area contributed by atoms with E-state index in [0.717, 1.165) is 6.33 Å². The molecule has 1 saturated carbocycles. The predicted octanol–water partition coefficient (Wildman–Crippen LogP) is -1.87. The van der Waals surface area contributed by atoms with E-state index < -0.39 is 65.7 Å². The first-order chi connectivity index (χ1) is 14.6. The number of nitrogens with one attached hydrogen (secondary N) is 2. The van der Waals surface area contributed by atoms with Crippen LogP contribution in [0.2, 0.25) is 0 Å². The fourth-order valence-electron chi connectivity index (χ4n) is 3.22. The number of imidazole rings is 1. The van der Waals surface area contributed by atoms with E-state index in [0.29, 0.717) is 0 Å². The first-order valence-corrected chi connectivity index (χ1v) is 13.1. The third-order valence-electron chi connectivity index (χ3n) is 4.47. The van der Waals surface area contributed by atoms with Gasteiger partial charge in [-0.05, 0) is 6.42 Å². The maximum atomic E-state index is 12.2. The lowest BCUT2D eigenvalue weighted by Gasteiger charge is -2.19. The number of rotatable bonds is 8. The molecule has 2 aromatic heterocycles. The van der Waals surface area contributed by atoms with Crippen LogP contribution in [0.3, 0.4) is 0 Å². The van der Waals surface area contributed by atoms with Crippen LogP contribution in [0.15, 0.2) is 11.1 Å². The van der Waals surface area contributed by atoms with Crippen LogP contribution < -0.4 is 10.6 Å². The van der Waals surface area contributed by atoms with Crippen LogP contribution in [0.25, 0.3) is 11.2 Å². The molecular weight excluding hydrogens is 503 g/mol. The number of fused-ring (bicyclic) bond motifs is 1. The quantitative estimate of drug-likeness (QED) is 0.172. The van der Waals surface area contributed by atoms with Crippen molar-refractivity contribution in [1.29, 1.82) is 0 Å². The fraction of sp³-hybridized carbons (Fsp3) is 0.545. The lowest BCUT2D eigenvalue weighted by atomic mass is 10.1. The molecule has 0 aromatic carbocycles. The van der Waals surface area contributed by atoms with Crippen molar-refractivity contribution in [2.75, 3.05) is 11.7 Å². The van der Waals surface area contributed by atoms with Gasteiger partial charge in [-0.2, -0.15) is 13.6 Å². The highest BCUT2D eigenvalue weighted by Gasteiger charge is 2.43. The van der Waals surface area contributed by atoms with Gasteiger partial charge in [0.2, 0.25) is 5.95 Å².